The Labute approximate surface area is 201 Å². The maximum atomic E-state index is 12.9. The Hall–Kier alpha value is -3.97. The first-order chi connectivity index (χ1) is 16.4. The molecule has 34 heavy (non-hydrogen) atoms. The lowest BCUT2D eigenvalue weighted by Crippen LogP contribution is -2.11. The second-order valence-corrected chi connectivity index (χ2v) is 7.68. The van der Waals surface area contributed by atoms with Gasteiger partial charge < -0.3 is 23.7 Å². The van der Waals surface area contributed by atoms with Crippen LogP contribution in [0.15, 0.2) is 60.4 Å². The van der Waals surface area contributed by atoms with Gasteiger partial charge in [0.25, 0.3) is 0 Å². The Morgan fingerprint density at radius 1 is 0.941 bits per heavy atom. The molecule has 0 amide bonds. The normalized spacial score (nSPS) is 13.3. The van der Waals surface area contributed by atoms with Gasteiger partial charge in [0, 0.05) is 22.2 Å². The summed E-state index contributed by atoms with van der Waals surface area (Å²) in [7, 11) is 4.53. The standard InChI is InChI=1S/C26H21ClO7/c1-30-21-11-6-16(25(31-2)26(21)32-3)12-23-24(29)19-10-9-18(13-22(19)34-23)33-14-20(28)15-4-7-17(27)8-5-15/h4-13H,14H2,1-3H3. The van der Waals surface area contributed by atoms with Crippen LogP contribution >= 0.6 is 11.6 Å². The van der Waals surface area contributed by atoms with Crippen molar-refractivity contribution in [2.75, 3.05) is 27.9 Å². The lowest BCUT2D eigenvalue weighted by molar-refractivity contribution is 0.0921. The third-order valence-electron chi connectivity index (χ3n) is 5.20. The lowest BCUT2D eigenvalue weighted by Gasteiger charge is -2.14. The largest absolute Gasteiger partial charge is 0.493 e. The van der Waals surface area contributed by atoms with Crippen molar-refractivity contribution in [2.24, 2.45) is 0 Å². The van der Waals surface area contributed by atoms with Crippen LogP contribution in [-0.4, -0.2) is 39.5 Å². The van der Waals surface area contributed by atoms with E-state index in [0.29, 0.717) is 50.5 Å². The van der Waals surface area contributed by atoms with Gasteiger partial charge in [-0.15, -0.1) is 0 Å². The molecule has 0 aromatic heterocycles. The Kier molecular flexibility index (Phi) is 6.75. The van der Waals surface area contributed by atoms with E-state index in [1.807, 2.05) is 0 Å². The molecule has 0 radical (unpaired) electrons. The number of ketones is 2. The van der Waals surface area contributed by atoms with Crippen molar-refractivity contribution < 1.29 is 33.3 Å². The summed E-state index contributed by atoms with van der Waals surface area (Å²) in [4.78, 5) is 25.2. The average molecular weight is 481 g/mol. The minimum atomic E-state index is -0.282. The van der Waals surface area contributed by atoms with E-state index >= 15 is 0 Å². The molecule has 1 aliphatic heterocycles. The van der Waals surface area contributed by atoms with Crippen LogP contribution < -0.4 is 23.7 Å². The number of hydrogen-bond acceptors (Lipinski definition) is 7. The zero-order chi connectivity index (χ0) is 24.2. The number of carbonyl (C=O) groups is 2. The van der Waals surface area contributed by atoms with E-state index in [1.165, 1.54) is 21.3 Å². The fraction of sp³-hybridized carbons (Fsp3) is 0.154. The highest BCUT2D eigenvalue weighted by Gasteiger charge is 2.29. The van der Waals surface area contributed by atoms with Gasteiger partial charge in [0.2, 0.25) is 11.5 Å². The van der Waals surface area contributed by atoms with E-state index in [4.69, 9.17) is 35.3 Å². The molecule has 0 atom stereocenters. The fourth-order valence-electron chi connectivity index (χ4n) is 3.50. The molecule has 4 rings (SSSR count). The SMILES string of the molecule is COc1ccc(C=C2Oc3cc(OCC(=O)c4ccc(Cl)cc4)ccc3C2=O)c(OC)c1OC. The van der Waals surface area contributed by atoms with Gasteiger partial charge in [-0.25, -0.2) is 0 Å². The van der Waals surface area contributed by atoms with Crippen LogP contribution in [0, 0.1) is 0 Å². The maximum absolute atomic E-state index is 12.9. The summed E-state index contributed by atoms with van der Waals surface area (Å²) < 4.78 is 27.6. The first-order valence-electron chi connectivity index (χ1n) is 10.2. The summed E-state index contributed by atoms with van der Waals surface area (Å²) in [5.41, 5.74) is 1.47. The number of rotatable bonds is 8. The Morgan fingerprint density at radius 3 is 2.35 bits per heavy atom. The van der Waals surface area contributed by atoms with Crippen molar-refractivity contribution in [3.63, 3.8) is 0 Å². The zero-order valence-electron chi connectivity index (χ0n) is 18.7. The smallest absolute Gasteiger partial charge is 0.231 e. The molecule has 0 spiro atoms. The number of halogens is 1. The van der Waals surface area contributed by atoms with Gasteiger partial charge in [-0.1, -0.05) is 11.6 Å². The third kappa shape index (κ3) is 4.56. The molecule has 0 bridgehead atoms. The van der Waals surface area contributed by atoms with Gasteiger partial charge in [-0.3, -0.25) is 9.59 Å². The summed E-state index contributed by atoms with van der Waals surface area (Å²) in [6.45, 7) is -0.167. The van der Waals surface area contributed by atoms with E-state index in [-0.39, 0.29) is 23.9 Å². The number of hydrogen-bond donors (Lipinski definition) is 0. The number of fused-ring (bicyclic) bond motifs is 1. The topological polar surface area (TPSA) is 80.3 Å². The lowest BCUT2D eigenvalue weighted by atomic mass is 10.1. The Morgan fingerprint density at radius 2 is 1.68 bits per heavy atom. The number of carbonyl (C=O) groups excluding carboxylic acids is 2. The van der Waals surface area contributed by atoms with Gasteiger partial charge >= 0.3 is 0 Å². The molecule has 174 valence electrons. The third-order valence-corrected chi connectivity index (χ3v) is 5.45. The molecule has 1 aliphatic rings. The van der Waals surface area contributed by atoms with Crippen LogP contribution in [-0.2, 0) is 0 Å². The molecule has 1 heterocycles. The molecule has 0 fully saturated rings. The quantitative estimate of drug-likeness (QED) is 0.322. The van der Waals surface area contributed by atoms with Crippen LogP contribution in [0.4, 0.5) is 0 Å². The molecule has 8 heteroatoms. The molecule has 0 saturated carbocycles. The van der Waals surface area contributed by atoms with E-state index in [0.717, 1.165) is 0 Å². The number of benzene rings is 3. The number of Topliss-reactive ketones (excluding diaryl/α,β-unsaturated/α-hetero) is 2. The summed E-state index contributed by atoms with van der Waals surface area (Å²) in [6, 6.07) is 14.8. The highest BCUT2D eigenvalue weighted by molar-refractivity contribution is 6.30. The van der Waals surface area contributed by atoms with Gasteiger partial charge in [0.15, 0.2) is 29.6 Å². The molecule has 3 aromatic carbocycles. The highest BCUT2D eigenvalue weighted by atomic mass is 35.5. The molecular weight excluding hydrogens is 460 g/mol. The minimum Gasteiger partial charge on any atom is -0.493 e. The molecule has 0 saturated heterocycles. The van der Waals surface area contributed by atoms with E-state index in [9.17, 15) is 9.59 Å². The fourth-order valence-corrected chi connectivity index (χ4v) is 3.63. The molecule has 0 N–H and O–H groups in total. The van der Waals surface area contributed by atoms with Crippen molar-refractivity contribution in [1.82, 2.24) is 0 Å². The molecular formula is C26H21ClO7. The molecule has 3 aromatic rings. The average Bonchev–Trinajstić information content (AvgIpc) is 3.16. The highest BCUT2D eigenvalue weighted by Crippen LogP contribution is 2.42. The van der Waals surface area contributed by atoms with Crippen LogP contribution in [0.2, 0.25) is 5.02 Å². The molecule has 0 unspecified atom stereocenters. The van der Waals surface area contributed by atoms with E-state index < -0.39 is 0 Å². The van der Waals surface area contributed by atoms with E-state index in [2.05, 4.69) is 0 Å². The zero-order valence-corrected chi connectivity index (χ0v) is 19.5. The Balaban J connectivity index is 1.53. The Bertz CT molecular complexity index is 1280. The van der Waals surface area contributed by atoms with E-state index in [1.54, 1.807) is 60.7 Å². The van der Waals surface area contributed by atoms with Crippen molar-refractivity contribution >= 4 is 29.2 Å². The number of ether oxygens (including phenoxy) is 5. The maximum Gasteiger partial charge on any atom is 0.231 e. The second kappa shape index (κ2) is 9.89. The van der Waals surface area contributed by atoms with Crippen molar-refractivity contribution in [1.29, 1.82) is 0 Å². The second-order valence-electron chi connectivity index (χ2n) is 7.24. The predicted octanol–water partition coefficient (Wildman–Crippen LogP) is 5.24. The van der Waals surface area contributed by atoms with Crippen molar-refractivity contribution in [3.8, 4) is 28.7 Å². The van der Waals surface area contributed by atoms with Crippen LogP contribution in [0.3, 0.4) is 0 Å². The van der Waals surface area contributed by atoms with Crippen molar-refractivity contribution in [3.05, 3.63) is 82.1 Å². The monoisotopic (exact) mass is 480 g/mol. The summed E-state index contributed by atoms with van der Waals surface area (Å²) in [5, 5.41) is 0.549. The van der Waals surface area contributed by atoms with Crippen LogP contribution in [0.5, 0.6) is 28.7 Å². The molecule has 0 aliphatic carbocycles. The van der Waals surface area contributed by atoms with Gasteiger partial charge in [-0.2, -0.15) is 0 Å². The summed E-state index contributed by atoms with van der Waals surface area (Å²) >= 11 is 5.86. The van der Waals surface area contributed by atoms with Gasteiger partial charge in [0.05, 0.1) is 26.9 Å². The number of methoxy groups -OCH3 is 3. The van der Waals surface area contributed by atoms with Crippen molar-refractivity contribution in [2.45, 2.75) is 0 Å². The first kappa shape index (κ1) is 23.2. The molecule has 7 nitrogen and oxygen atoms in total. The van der Waals surface area contributed by atoms with Crippen LogP contribution in [0.1, 0.15) is 26.3 Å². The predicted molar refractivity (Wildman–Crippen MR) is 127 cm³/mol. The number of allylic oxidation sites excluding steroid dienone is 1. The summed E-state index contributed by atoms with van der Waals surface area (Å²) in [5.74, 6) is 1.69. The van der Waals surface area contributed by atoms with Gasteiger partial charge in [0.1, 0.15) is 11.5 Å². The minimum absolute atomic E-state index is 0.120. The summed E-state index contributed by atoms with van der Waals surface area (Å²) in [6.07, 6.45) is 1.58. The first-order valence-corrected chi connectivity index (χ1v) is 10.6. The van der Waals surface area contributed by atoms with Crippen LogP contribution in [0.25, 0.3) is 6.08 Å². The van der Waals surface area contributed by atoms with Gasteiger partial charge in [-0.05, 0) is 54.6 Å².